The van der Waals surface area contributed by atoms with Gasteiger partial charge in [0.05, 0.1) is 30.5 Å². The third-order valence-corrected chi connectivity index (χ3v) is 4.66. The summed E-state index contributed by atoms with van der Waals surface area (Å²) in [6, 6.07) is 8.13. The molecular formula is C17H15FN2O3S. The van der Waals surface area contributed by atoms with Gasteiger partial charge < -0.3 is 14.8 Å². The summed E-state index contributed by atoms with van der Waals surface area (Å²) in [5.41, 5.74) is 1.08. The van der Waals surface area contributed by atoms with Crippen LogP contribution in [0.3, 0.4) is 0 Å². The highest BCUT2D eigenvalue weighted by atomic mass is 32.1. The molecule has 1 aromatic carbocycles. The van der Waals surface area contributed by atoms with Gasteiger partial charge in [0.25, 0.3) is 5.91 Å². The molecule has 0 unspecified atom stereocenters. The lowest BCUT2D eigenvalue weighted by Crippen LogP contribution is -2.12. The Morgan fingerprint density at radius 3 is 2.79 bits per heavy atom. The first-order chi connectivity index (χ1) is 11.6. The average Bonchev–Trinajstić information content (AvgIpc) is 2.96. The largest absolute Gasteiger partial charge is 0.481 e. The van der Waals surface area contributed by atoms with E-state index in [1.54, 1.807) is 24.3 Å². The molecule has 0 atom stereocenters. The Labute approximate surface area is 142 Å². The Morgan fingerprint density at radius 2 is 2.12 bits per heavy atom. The van der Waals surface area contributed by atoms with Gasteiger partial charge in [-0.3, -0.25) is 4.79 Å². The molecule has 0 bridgehead atoms. The number of hydrogen-bond acceptors (Lipinski definition) is 5. The zero-order chi connectivity index (χ0) is 17.1. The van der Waals surface area contributed by atoms with Crippen LogP contribution in [0.1, 0.15) is 15.2 Å². The minimum Gasteiger partial charge on any atom is -0.481 e. The number of thiophene rings is 1. The number of fused-ring (bicyclic) bond motifs is 1. The van der Waals surface area contributed by atoms with Crippen molar-refractivity contribution >= 4 is 33.0 Å². The second kappa shape index (κ2) is 6.94. The van der Waals surface area contributed by atoms with Crippen molar-refractivity contribution in [1.29, 1.82) is 0 Å². The average molecular weight is 346 g/mol. The van der Waals surface area contributed by atoms with Gasteiger partial charge in [0.15, 0.2) is 0 Å². The third kappa shape index (κ3) is 3.08. The van der Waals surface area contributed by atoms with Crippen molar-refractivity contribution in [2.75, 3.05) is 19.5 Å². The smallest absolute Gasteiger partial charge is 0.266 e. The molecule has 0 aliphatic heterocycles. The van der Waals surface area contributed by atoms with Crippen LogP contribution in [0.15, 0.2) is 36.5 Å². The molecule has 0 aliphatic rings. The molecular weight excluding hydrogens is 331 g/mol. The summed E-state index contributed by atoms with van der Waals surface area (Å²) in [5, 5.41) is 3.20. The number of halogens is 1. The van der Waals surface area contributed by atoms with E-state index in [-0.39, 0.29) is 18.3 Å². The zero-order valence-corrected chi connectivity index (χ0v) is 13.9. The number of nitrogens with zero attached hydrogens (tertiary/aromatic N) is 1. The van der Waals surface area contributed by atoms with Crippen molar-refractivity contribution in [2.45, 2.75) is 6.61 Å². The van der Waals surface area contributed by atoms with Crippen LogP contribution < -0.4 is 10.1 Å². The van der Waals surface area contributed by atoms with E-state index in [9.17, 15) is 9.18 Å². The zero-order valence-electron chi connectivity index (χ0n) is 13.1. The Bertz CT molecular complexity index is 877. The molecule has 0 fully saturated rings. The molecule has 124 valence electrons. The maximum Gasteiger partial charge on any atom is 0.266 e. The third-order valence-electron chi connectivity index (χ3n) is 3.46. The van der Waals surface area contributed by atoms with Crippen LogP contribution in [0.5, 0.6) is 5.88 Å². The van der Waals surface area contributed by atoms with Crippen molar-refractivity contribution in [3.05, 3.63) is 52.8 Å². The lowest BCUT2D eigenvalue weighted by Gasteiger charge is -2.06. The molecule has 0 saturated heterocycles. The van der Waals surface area contributed by atoms with Gasteiger partial charge in [-0.05, 0) is 18.2 Å². The summed E-state index contributed by atoms with van der Waals surface area (Å²) in [6.07, 6.45) is 1.50. The van der Waals surface area contributed by atoms with E-state index in [2.05, 4.69) is 10.3 Å². The van der Waals surface area contributed by atoms with Crippen molar-refractivity contribution < 1.29 is 18.7 Å². The number of methoxy groups -OCH3 is 2. The summed E-state index contributed by atoms with van der Waals surface area (Å²) in [4.78, 5) is 17.1. The van der Waals surface area contributed by atoms with Gasteiger partial charge in [-0.25, -0.2) is 9.37 Å². The predicted molar refractivity (Wildman–Crippen MR) is 91.2 cm³/mol. The number of nitrogens with one attached hydrogen (secondary N) is 1. The molecule has 5 nitrogen and oxygen atoms in total. The fourth-order valence-corrected chi connectivity index (χ4v) is 3.51. The predicted octanol–water partition coefficient (Wildman–Crippen LogP) is 3.84. The molecule has 2 heterocycles. The van der Waals surface area contributed by atoms with Crippen LogP contribution >= 0.6 is 11.3 Å². The highest BCUT2D eigenvalue weighted by molar-refractivity contribution is 7.21. The van der Waals surface area contributed by atoms with Gasteiger partial charge in [0, 0.05) is 28.8 Å². The van der Waals surface area contributed by atoms with Crippen LogP contribution in [0.4, 0.5) is 10.1 Å². The Kier molecular flexibility index (Phi) is 4.73. The molecule has 0 saturated carbocycles. The fourth-order valence-electron chi connectivity index (χ4n) is 2.40. The van der Waals surface area contributed by atoms with Gasteiger partial charge in [0.1, 0.15) is 5.82 Å². The molecule has 3 rings (SSSR count). The number of benzene rings is 1. The number of carbonyl (C=O) groups excluding carboxylic acids is 1. The molecule has 0 radical (unpaired) electrons. The standard InChI is InChI=1S/C17H15FN2O3S/c1-22-9-11-15-12(18)4-3-5-13(15)24-16(11)17(21)20-10-6-7-14(23-2)19-8-10/h3-8H,9H2,1-2H3,(H,20,21). The molecule has 1 amide bonds. The number of pyridine rings is 1. The van der Waals surface area contributed by atoms with Gasteiger partial charge in [-0.15, -0.1) is 11.3 Å². The highest BCUT2D eigenvalue weighted by Crippen LogP contribution is 2.34. The number of carbonyl (C=O) groups is 1. The number of aromatic nitrogens is 1. The molecule has 2 aromatic heterocycles. The van der Waals surface area contributed by atoms with Crippen molar-refractivity contribution in [3.63, 3.8) is 0 Å². The number of hydrogen-bond donors (Lipinski definition) is 1. The number of anilines is 1. The van der Waals surface area contributed by atoms with Crippen molar-refractivity contribution in [1.82, 2.24) is 4.98 Å². The van der Waals surface area contributed by atoms with E-state index in [1.165, 1.54) is 37.8 Å². The molecule has 1 N–H and O–H groups in total. The normalized spacial score (nSPS) is 10.8. The molecule has 0 spiro atoms. The van der Waals surface area contributed by atoms with E-state index in [4.69, 9.17) is 9.47 Å². The number of rotatable bonds is 5. The monoisotopic (exact) mass is 346 g/mol. The Balaban J connectivity index is 1.96. The summed E-state index contributed by atoms with van der Waals surface area (Å²) in [6.45, 7) is 0.157. The van der Waals surface area contributed by atoms with Crippen LogP contribution in [0, 0.1) is 5.82 Å². The minimum absolute atomic E-state index is 0.157. The Hall–Kier alpha value is -2.51. The van der Waals surface area contributed by atoms with E-state index in [1.807, 2.05) is 0 Å². The Morgan fingerprint density at radius 1 is 1.29 bits per heavy atom. The van der Waals surface area contributed by atoms with Gasteiger partial charge >= 0.3 is 0 Å². The van der Waals surface area contributed by atoms with E-state index >= 15 is 0 Å². The molecule has 24 heavy (non-hydrogen) atoms. The first-order valence-electron chi connectivity index (χ1n) is 7.14. The lowest BCUT2D eigenvalue weighted by atomic mass is 10.1. The summed E-state index contributed by atoms with van der Waals surface area (Å²) >= 11 is 1.24. The van der Waals surface area contributed by atoms with E-state index < -0.39 is 0 Å². The molecule has 7 heteroatoms. The maximum atomic E-state index is 14.2. The summed E-state index contributed by atoms with van der Waals surface area (Å²) in [7, 11) is 3.03. The maximum absolute atomic E-state index is 14.2. The second-order valence-corrected chi connectivity index (χ2v) is 6.05. The number of amides is 1. The first-order valence-corrected chi connectivity index (χ1v) is 7.96. The fraction of sp³-hybridized carbons (Fsp3) is 0.176. The summed E-state index contributed by atoms with van der Waals surface area (Å²) in [5.74, 6) is -0.229. The first kappa shape index (κ1) is 16.4. The highest BCUT2D eigenvalue weighted by Gasteiger charge is 2.20. The number of ether oxygens (including phenoxy) is 2. The van der Waals surface area contributed by atoms with E-state index in [0.29, 0.717) is 32.1 Å². The SMILES string of the molecule is COCc1c(C(=O)Nc2ccc(OC)nc2)sc2cccc(F)c12. The molecule has 3 aromatic rings. The second-order valence-electron chi connectivity index (χ2n) is 5.00. The van der Waals surface area contributed by atoms with Gasteiger partial charge in [-0.1, -0.05) is 6.07 Å². The van der Waals surface area contributed by atoms with Crippen LogP contribution in [-0.2, 0) is 11.3 Å². The minimum atomic E-state index is -0.360. The van der Waals surface area contributed by atoms with Gasteiger partial charge in [0.2, 0.25) is 5.88 Å². The van der Waals surface area contributed by atoms with E-state index in [0.717, 1.165) is 0 Å². The van der Waals surface area contributed by atoms with Crippen molar-refractivity contribution in [3.8, 4) is 5.88 Å². The van der Waals surface area contributed by atoms with Crippen LogP contribution in [0.2, 0.25) is 0 Å². The van der Waals surface area contributed by atoms with Crippen molar-refractivity contribution in [2.24, 2.45) is 0 Å². The van der Waals surface area contributed by atoms with Gasteiger partial charge in [-0.2, -0.15) is 0 Å². The topological polar surface area (TPSA) is 60.5 Å². The summed E-state index contributed by atoms with van der Waals surface area (Å²) < 4.78 is 25.0. The van der Waals surface area contributed by atoms with Crippen LogP contribution in [-0.4, -0.2) is 25.1 Å². The molecule has 0 aliphatic carbocycles. The quantitative estimate of drug-likeness (QED) is 0.762. The van der Waals surface area contributed by atoms with Crippen LogP contribution in [0.25, 0.3) is 10.1 Å². The lowest BCUT2D eigenvalue weighted by molar-refractivity contribution is 0.102.